The third-order valence-electron chi connectivity index (χ3n) is 2.71. The first kappa shape index (κ1) is 17.7. The van der Waals surface area contributed by atoms with Gasteiger partial charge in [0.1, 0.15) is 0 Å². The molecule has 0 atom stereocenters. The van der Waals surface area contributed by atoms with E-state index >= 15 is 0 Å². The Balaban J connectivity index is 1.94. The van der Waals surface area contributed by atoms with Crippen LogP contribution in [0.5, 0.6) is 0 Å². The van der Waals surface area contributed by atoms with Crippen LogP contribution in [0.2, 0.25) is 0 Å². The van der Waals surface area contributed by atoms with Crippen molar-refractivity contribution < 1.29 is 14.3 Å². The number of esters is 1. The maximum absolute atomic E-state index is 12.0. The number of ether oxygens (including phenoxy) is 1. The number of nitrogens with zero attached hydrogens (tertiary/aromatic N) is 1. The van der Waals surface area contributed by atoms with Crippen LogP contribution in [-0.2, 0) is 9.53 Å². The molecule has 0 saturated carbocycles. The van der Waals surface area contributed by atoms with Gasteiger partial charge in [-0.2, -0.15) is 0 Å². The molecule has 1 aromatic carbocycles. The number of carbonyl (C=O) groups is 2. The number of carbonyl (C=O) groups excluding carboxylic acids is 2. The molecule has 0 aliphatic rings. The lowest BCUT2D eigenvalue weighted by Gasteiger charge is -2.09. The van der Waals surface area contributed by atoms with Crippen molar-refractivity contribution in [1.82, 2.24) is 9.97 Å². The molecule has 7 nitrogen and oxygen atoms in total. The van der Waals surface area contributed by atoms with E-state index in [9.17, 15) is 14.4 Å². The van der Waals surface area contributed by atoms with E-state index in [1.807, 2.05) is 0 Å². The highest BCUT2D eigenvalue weighted by Gasteiger charge is 2.11. The van der Waals surface area contributed by atoms with Gasteiger partial charge >= 0.3 is 5.97 Å². The normalized spacial score (nSPS) is 10.5. The van der Waals surface area contributed by atoms with Crippen molar-refractivity contribution in [2.24, 2.45) is 0 Å². The summed E-state index contributed by atoms with van der Waals surface area (Å²) in [4.78, 5) is 41.4. The molecule has 0 radical (unpaired) electrons. The molecule has 0 bridgehead atoms. The van der Waals surface area contributed by atoms with Crippen molar-refractivity contribution in [2.75, 3.05) is 11.1 Å². The van der Waals surface area contributed by atoms with Crippen LogP contribution >= 0.6 is 11.8 Å². The van der Waals surface area contributed by atoms with E-state index in [0.29, 0.717) is 16.4 Å². The average Bonchev–Trinajstić information content (AvgIpc) is 2.53. The van der Waals surface area contributed by atoms with Gasteiger partial charge in [0.15, 0.2) is 5.16 Å². The van der Waals surface area contributed by atoms with Gasteiger partial charge in [0.05, 0.1) is 17.4 Å². The fourth-order valence-corrected chi connectivity index (χ4v) is 2.41. The number of thioether (sulfide) groups is 1. The largest absolute Gasteiger partial charge is 0.459 e. The third-order valence-corrected chi connectivity index (χ3v) is 3.60. The van der Waals surface area contributed by atoms with Crippen LogP contribution in [0.1, 0.15) is 24.2 Å². The van der Waals surface area contributed by atoms with Crippen LogP contribution < -0.4 is 10.9 Å². The molecule has 1 aromatic heterocycles. The zero-order valence-corrected chi connectivity index (χ0v) is 14.1. The third kappa shape index (κ3) is 5.54. The number of hydrogen-bond donors (Lipinski definition) is 2. The maximum atomic E-state index is 12.0. The Hall–Kier alpha value is -2.61. The molecule has 1 heterocycles. The summed E-state index contributed by atoms with van der Waals surface area (Å²) in [6, 6.07) is 7.81. The van der Waals surface area contributed by atoms with Gasteiger partial charge in [-0.3, -0.25) is 9.59 Å². The van der Waals surface area contributed by atoms with Gasteiger partial charge in [0.25, 0.3) is 5.56 Å². The second kappa shape index (κ2) is 8.30. The van der Waals surface area contributed by atoms with Crippen molar-refractivity contribution in [2.45, 2.75) is 25.1 Å². The molecule has 2 aromatic rings. The van der Waals surface area contributed by atoms with Gasteiger partial charge in [-0.25, -0.2) is 9.78 Å². The Morgan fingerprint density at radius 2 is 2.12 bits per heavy atom. The van der Waals surface area contributed by atoms with E-state index in [4.69, 9.17) is 4.74 Å². The van der Waals surface area contributed by atoms with Gasteiger partial charge in [-0.15, -0.1) is 0 Å². The average molecular weight is 347 g/mol. The van der Waals surface area contributed by atoms with Crippen LogP contribution in [0.3, 0.4) is 0 Å². The quantitative estimate of drug-likeness (QED) is 0.471. The van der Waals surface area contributed by atoms with Crippen LogP contribution in [0.25, 0.3) is 0 Å². The van der Waals surface area contributed by atoms with E-state index in [1.165, 1.54) is 12.3 Å². The van der Waals surface area contributed by atoms with Gasteiger partial charge in [-0.1, -0.05) is 17.8 Å². The Morgan fingerprint density at radius 1 is 1.33 bits per heavy atom. The summed E-state index contributed by atoms with van der Waals surface area (Å²) < 4.78 is 5.12. The Kier molecular flexibility index (Phi) is 6.14. The standard InChI is InChI=1S/C16H17N3O4S/c1-10(2)23-15(22)11-4-3-5-12(8-11)18-14(21)9-24-16-17-7-6-13(20)19-16/h3-8,10H,9H2,1-2H3,(H,18,21)(H,17,19,20). The molecule has 2 rings (SSSR count). The molecule has 0 aliphatic carbocycles. The first-order valence-electron chi connectivity index (χ1n) is 7.23. The summed E-state index contributed by atoms with van der Waals surface area (Å²) in [6.45, 7) is 3.53. The number of H-pyrrole nitrogens is 1. The molecule has 0 fully saturated rings. The minimum absolute atomic E-state index is 0.0770. The van der Waals surface area contributed by atoms with E-state index in [-0.39, 0.29) is 23.3 Å². The Labute approximate surface area is 142 Å². The monoisotopic (exact) mass is 347 g/mol. The van der Waals surface area contributed by atoms with Crippen LogP contribution in [0.15, 0.2) is 46.5 Å². The number of rotatable bonds is 6. The predicted octanol–water partition coefficient (Wildman–Crippen LogP) is 2.07. The molecular formula is C16H17N3O4S. The van der Waals surface area contributed by atoms with E-state index in [1.54, 1.807) is 38.1 Å². The van der Waals surface area contributed by atoms with Crippen molar-refractivity contribution in [3.05, 3.63) is 52.4 Å². The lowest BCUT2D eigenvalue weighted by atomic mass is 10.2. The fraction of sp³-hybridized carbons (Fsp3) is 0.250. The van der Waals surface area contributed by atoms with E-state index in [2.05, 4.69) is 15.3 Å². The van der Waals surface area contributed by atoms with Gasteiger partial charge in [-0.05, 0) is 32.0 Å². The molecule has 24 heavy (non-hydrogen) atoms. The van der Waals surface area contributed by atoms with E-state index < -0.39 is 5.97 Å². The first-order valence-corrected chi connectivity index (χ1v) is 8.21. The van der Waals surface area contributed by atoms with E-state index in [0.717, 1.165) is 11.8 Å². The molecule has 0 aliphatic heterocycles. The molecule has 1 amide bonds. The molecular weight excluding hydrogens is 330 g/mol. The zero-order chi connectivity index (χ0) is 17.5. The number of anilines is 1. The van der Waals surface area contributed by atoms with Crippen LogP contribution in [0, 0.1) is 0 Å². The number of hydrogen-bond acceptors (Lipinski definition) is 6. The molecule has 8 heteroatoms. The van der Waals surface area contributed by atoms with Gasteiger partial charge in [0, 0.05) is 18.0 Å². The smallest absolute Gasteiger partial charge is 0.338 e. The minimum atomic E-state index is -0.443. The van der Waals surface area contributed by atoms with Crippen molar-refractivity contribution >= 4 is 29.3 Å². The number of nitrogens with one attached hydrogen (secondary N) is 2. The molecule has 0 saturated heterocycles. The maximum Gasteiger partial charge on any atom is 0.338 e. The second-order valence-corrected chi connectivity index (χ2v) is 6.08. The van der Waals surface area contributed by atoms with Crippen molar-refractivity contribution in [1.29, 1.82) is 0 Å². The molecule has 126 valence electrons. The predicted molar refractivity (Wildman–Crippen MR) is 91.2 cm³/mol. The summed E-state index contributed by atoms with van der Waals surface area (Å²) in [5.74, 6) is -0.643. The number of aromatic nitrogens is 2. The summed E-state index contributed by atoms with van der Waals surface area (Å²) in [7, 11) is 0. The highest BCUT2D eigenvalue weighted by atomic mass is 32.2. The first-order chi connectivity index (χ1) is 11.4. The van der Waals surface area contributed by atoms with Crippen molar-refractivity contribution in [3.8, 4) is 0 Å². The number of benzene rings is 1. The zero-order valence-electron chi connectivity index (χ0n) is 13.2. The van der Waals surface area contributed by atoms with Crippen molar-refractivity contribution in [3.63, 3.8) is 0 Å². The Bertz CT molecular complexity index is 789. The molecule has 0 unspecified atom stereocenters. The highest BCUT2D eigenvalue weighted by molar-refractivity contribution is 7.99. The van der Waals surface area contributed by atoms with Crippen LogP contribution in [-0.4, -0.2) is 33.7 Å². The summed E-state index contributed by atoms with van der Waals surface area (Å²) in [5, 5.41) is 3.06. The minimum Gasteiger partial charge on any atom is -0.459 e. The van der Waals surface area contributed by atoms with Gasteiger partial charge < -0.3 is 15.0 Å². The Morgan fingerprint density at radius 3 is 2.83 bits per heavy atom. The summed E-state index contributed by atoms with van der Waals surface area (Å²) in [5.41, 5.74) is 0.584. The fourth-order valence-electron chi connectivity index (χ4n) is 1.76. The second-order valence-electron chi connectivity index (χ2n) is 5.11. The van der Waals surface area contributed by atoms with Gasteiger partial charge in [0.2, 0.25) is 5.91 Å². The SMILES string of the molecule is CC(C)OC(=O)c1cccc(NC(=O)CSc2nccc(=O)[nH]2)c1. The summed E-state index contributed by atoms with van der Waals surface area (Å²) >= 11 is 1.11. The number of aromatic amines is 1. The lowest BCUT2D eigenvalue weighted by Crippen LogP contribution is -2.16. The topological polar surface area (TPSA) is 101 Å². The summed E-state index contributed by atoms with van der Waals surface area (Å²) in [6.07, 6.45) is 1.16. The van der Waals surface area contributed by atoms with Crippen LogP contribution in [0.4, 0.5) is 5.69 Å². The number of amides is 1. The molecule has 2 N–H and O–H groups in total. The lowest BCUT2D eigenvalue weighted by molar-refractivity contribution is -0.113. The highest BCUT2D eigenvalue weighted by Crippen LogP contribution is 2.14. The molecule has 0 spiro atoms.